The number of rotatable bonds is 4. The molecule has 1 fully saturated rings. The molecule has 6 nitrogen and oxygen atoms in total. The number of nitrogens with one attached hydrogen (secondary N) is 1. The van der Waals surface area contributed by atoms with Gasteiger partial charge in [-0.15, -0.1) is 0 Å². The van der Waals surface area contributed by atoms with E-state index in [9.17, 15) is 14.4 Å². The second kappa shape index (κ2) is 7.19. The van der Waals surface area contributed by atoms with Gasteiger partial charge in [-0.2, -0.15) is 0 Å². The molecule has 3 aromatic rings. The Kier molecular flexibility index (Phi) is 4.55. The van der Waals surface area contributed by atoms with E-state index < -0.39 is 11.6 Å². The maximum Gasteiger partial charge on any atom is 0.325 e. The number of hydrogen-bond acceptors (Lipinski definition) is 3. The van der Waals surface area contributed by atoms with Crippen LogP contribution in [0.5, 0.6) is 0 Å². The lowest BCUT2D eigenvalue weighted by Gasteiger charge is -2.22. The van der Waals surface area contributed by atoms with Crippen molar-refractivity contribution in [1.82, 2.24) is 14.8 Å². The number of imide groups is 1. The lowest BCUT2D eigenvalue weighted by molar-refractivity contribution is -0.131. The van der Waals surface area contributed by atoms with Crippen LogP contribution in [-0.2, 0) is 16.8 Å². The first kappa shape index (κ1) is 20.2. The smallest absolute Gasteiger partial charge is 0.319 e. The van der Waals surface area contributed by atoms with Gasteiger partial charge in [0.25, 0.3) is 5.91 Å². The molecule has 1 aromatic heterocycles. The molecule has 3 amide bonds. The SMILES string of the molecule is Cc1ccc(-n2c(C)cc(C(=O)CN3C(=O)N[C@@]4(CCc5ccccc54)C3=O)c2C)cc1. The molecule has 0 saturated carbocycles. The number of benzene rings is 2. The first-order valence-electron chi connectivity index (χ1n) is 10.8. The van der Waals surface area contributed by atoms with E-state index >= 15 is 0 Å². The summed E-state index contributed by atoms with van der Waals surface area (Å²) >= 11 is 0. The molecule has 1 aliphatic heterocycles. The van der Waals surface area contributed by atoms with Gasteiger partial charge < -0.3 is 9.88 Å². The Morgan fingerprint density at radius 2 is 1.75 bits per heavy atom. The van der Waals surface area contributed by atoms with Crippen LogP contribution < -0.4 is 5.32 Å². The van der Waals surface area contributed by atoms with Gasteiger partial charge in [0.15, 0.2) is 5.78 Å². The number of aryl methyl sites for hydroxylation is 3. The van der Waals surface area contributed by atoms with Crippen molar-refractivity contribution < 1.29 is 14.4 Å². The number of urea groups is 1. The van der Waals surface area contributed by atoms with E-state index in [0.717, 1.165) is 45.1 Å². The molecule has 2 aromatic carbocycles. The standard InChI is InChI=1S/C26H25N3O3/c1-16-8-10-20(11-9-16)29-17(2)14-21(18(29)3)23(30)15-28-24(31)26(27-25(28)32)13-12-19-6-4-5-7-22(19)26/h4-11,14H,12-13,15H2,1-3H3,(H,27,32)/t26-/m1/s1. The van der Waals surface area contributed by atoms with Crippen LogP contribution in [0, 0.1) is 20.8 Å². The normalized spacial score (nSPS) is 19.5. The molecule has 162 valence electrons. The van der Waals surface area contributed by atoms with E-state index in [-0.39, 0.29) is 18.2 Å². The van der Waals surface area contributed by atoms with Crippen molar-refractivity contribution in [3.05, 3.63) is 88.2 Å². The highest BCUT2D eigenvalue weighted by atomic mass is 16.2. The number of hydrogen-bond donors (Lipinski definition) is 1. The predicted octanol–water partition coefficient (Wildman–Crippen LogP) is 3.98. The van der Waals surface area contributed by atoms with E-state index in [1.807, 2.05) is 79.9 Å². The van der Waals surface area contributed by atoms with Gasteiger partial charge in [-0.05, 0) is 62.9 Å². The van der Waals surface area contributed by atoms with Gasteiger partial charge in [0.2, 0.25) is 0 Å². The summed E-state index contributed by atoms with van der Waals surface area (Å²) in [4.78, 5) is 40.4. The number of amides is 3. The highest BCUT2D eigenvalue weighted by Crippen LogP contribution is 2.41. The third kappa shape index (κ3) is 2.90. The molecule has 2 aliphatic rings. The highest BCUT2D eigenvalue weighted by Gasteiger charge is 2.55. The van der Waals surface area contributed by atoms with Crippen molar-refractivity contribution >= 4 is 17.7 Å². The summed E-state index contributed by atoms with van der Waals surface area (Å²) in [7, 11) is 0. The van der Waals surface area contributed by atoms with E-state index in [1.165, 1.54) is 0 Å². The summed E-state index contributed by atoms with van der Waals surface area (Å²) in [6.07, 6.45) is 1.24. The van der Waals surface area contributed by atoms with E-state index in [0.29, 0.717) is 12.0 Å². The molecule has 0 radical (unpaired) electrons. The fraction of sp³-hybridized carbons (Fsp3) is 0.269. The van der Waals surface area contributed by atoms with Crippen molar-refractivity contribution in [3.63, 3.8) is 0 Å². The Hall–Kier alpha value is -3.67. The van der Waals surface area contributed by atoms with Crippen molar-refractivity contribution in [2.24, 2.45) is 0 Å². The first-order chi connectivity index (χ1) is 15.3. The first-order valence-corrected chi connectivity index (χ1v) is 10.8. The summed E-state index contributed by atoms with van der Waals surface area (Å²) < 4.78 is 2.02. The Morgan fingerprint density at radius 1 is 1.03 bits per heavy atom. The quantitative estimate of drug-likeness (QED) is 0.506. The van der Waals surface area contributed by atoms with Crippen LogP contribution in [0.15, 0.2) is 54.6 Å². The van der Waals surface area contributed by atoms with Crippen molar-refractivity contribution in [1.29, 1.82) is 0 Å². The van der Waals surface area contributed by atoms with Crippen LogP contribution in [0.25, 0.3) is 5.69 Å². The minimum absolute atomic E-state index is 0.247. The van der Waals surface area contributed by atoms with Crippen molar-refractivity contribution in [2.45, 2.75) is 39.2 Å². The monoisotopic (exact) mass is 427 g/mol. The number of fused-ring (bicyclic) bond motifs is 2. The Morgan fingerprint density at radius 3 is 2.50 bits per heavy atom. The van der Waals surface area contributed by atoms with E-state index in [2.05, 4.69) is 5.32 Å². The van der Waals surface area contributed by atoms with Crippen molar-refractivity contribution in [2.75, 3.05) is 6.54 Å². The highest BCUT2D eigenvalue weighted by molar-refractivity contribution is 6.12. The molecule has 1 spiro atoms. The zero-order valence-corrected chi connectivity index (χ0v) is 18.4. The average molecular weight is 428 g/mol. The molecule has 32 heavy (non-hydrogen) atoms. The number of carbonyl (C=O) groups excluding carboxylic acids is 3. The summed E-state index contributed by atoms with van der Waals surface area (Å²) in [5.74, 6) is -0.587. The molecule has 1 aliphatic carbocycles. The Bertz CT molecular complexity index is 1270. The predicted molar refractivity (Wildman–Crippen MR) is 121 cm³/mol. The van der Waals surface area contributed by atoms with Crippen molar-refractivity contribution in [3.8, 4) is 5.69 Å². The van der Waals surface area contributed by atoms with Gasteiger partial charge in [0, 0.05) is 22.6 Å². The molecular formula is C26H25N3O3. The second-order valence-electron chi connectivity index (χ2n) is 8.76. The Labute approximate surface area is 186 Å². The molecule has 1 saturated heterocycles. The van der Waals surface area contributed by atoms with Gasteiger partial charge in [-0.3, -0.25) is 14.5 Å². The molecule has 0 unspecified atom stereocenters. The molecule has 6 heteroatoms. The van der Waals surface area contributed by atoms with E-state index in [4.69, 9.17) is 0 Å². The lowest BCUT2D eigenvalue weighted by atomic mass is 9.92. The van der Waals surface area contributed by atoms with Crippen LogP contribution in [0.3, 0.4) is 0 Å². The van der Waals surface area contributed by atoms with Gasteiger partial charge in [0.1, 0.15) is 5.54 Å². The maximum absolute atomic E-state index is 13.4. The van der Waals surface area contributed by atoms with Crippen LogP contribution in [0.2, 0.25) is 0 Å². The largest absolute Gasteiger partial charge is 0.325 e. The third-order valence-corrected chi connectivity index (χ3v) is 6.75. The molecular weight excluding hydrogens is 402 g/mol. The van der Waals surface area contributed by atoms with Crippen LogP contribution >= 0.6 is 0 Å². The number of nitrogens with zero attached hydrogens (tertiary/aromatic N) is 2. The lowest BCUT2D eigenvalue weighted by Crippen LogP contribution is -2.42. The van der Waals surface area contributed by atoms with Crippen LogP contribution in [-0.4, -0.2) is 33.7 Å². The van der Waals surface area contributed by atoms with E-state index in [1.54, 1.807) is 0 Å². The minimum Gasteiger partial charge on any atom is -0.319 e. The number of Topliss-reactive ketones (excluding diaryl/α,β-unsaturated/α-hetero) is 1. The fourth-order valence-corrected chi connectivity index (χ4v) is 5.10. The summed E-state index contributed by atoms with van der Waals surface area (Å²) in [6.45, 7) is 5.59. The second-order valence-corrected chi connectivity index (χ2v) is 8.76. The molecule has 1 atom stereocenters. The third-order valence-electron chi connectivity index (χ3n) is 6.75. The topological polar surface area (TPSA) is 71.4 Å². The van der Waals surface area contributed by atoms with Gasteiger partial charge in [-0.25, -0.2) is 4.79 Å². The minimum atomic E-state index is -1.05. The molecule has 0 bridgehead atoms. The average Bonchev–Trinajstić information content (AvgIpc) is 3.37. The maximum atomic E-state index is 13.4. The van der Waals surface area contributed by atoms with Crippen LogP contribution in [0.4, 0.5) is 4.79 Å². The number of aromatic nitrogens is 1. The van der Waals surface area contributed by atoms with Gasteiger partial charge in [0.05, 0.1) is 6.54 Å². The summed E-state index contributed by atoms with van der Waals surface area (Å²) in [5.41, 5.74) is 5.23. The molecule has 2 heterocycles. The number of ketones is 1. The van der Waals surface area contributed by atoms with Crippen LogP contribution in [0.1, 0.15) is 44.9 Å². The Balaban J connectivity index is 1.43. The fourth-order valence-electron chi connectivity index (χ4n) is 5.10. The summed E-state index contributed by atoms with van der Waals surface area (Å²) in [6, 6.07) is 17.1. The molecule has 1 N–H and O–H groups in total. The molecule has 5 rings (SSSR count). The zero-order valence-electron chi connectivity index (χ0n) is 18.4. The van der Waals surface area contributed by atoms with Gasteiger partial charge in [-0.1, -0.05) is 42.0 Å². The van der Waals surface area contributed by atoms with Gasteiger partial charge >= 0.3 is 6.03 Å². The summed E-state index contributed by atoms with van der Waals surface area (Å²) in [5, 5.41) is 2.88. The number of carbonyl (C=O) groups is 3. The zero-order chi connectivity index (χ0) is 22.6.